The molecule has 2 aromatic rings. The Morgan fingerprint density at radius 3 is 3.21 bits per heavy atom. The van der Waals surface area contributed by atoms with Crippen molar-refractivity contribution in [2.45, 2.75) is 31.8 Å². The van der Waals surface area contributed by atoms with Crippen molar-refractivity contribution in [2.24, 2.45) is 0 Å². The number of aromatic hydroxyl groups is 1. The second kappa shape index (κ2) is 5.45. The highest BCUT2D eigenvalue weighted by molar-refractivity contribution is 5.38. The van der Waals surface area contributed by atoms with Crippen molar-refractivity contribution in [3.63, 3.8) is 0 Å². The third kappa shape index (κ3) is 2.79. The molecule has 0 spiro atoms. The van der Waals surface area contributed by atoms with Crippen molar-refractivity contribution in [1.29, 1.82) is 0 Å². The smallest absolute Gasteiger partial charge is 0.115 e. The van der Waals surface area contributed by atoms with E-state index in [9.17, 15) is 5.11 Å². The highest BCUT2D eigenvalue weighted by atomic mass is 16.3. The molecule has 2 N–H and O–H groups in total. The largest absolute Gasteiger partial charge is 0.508 e. The van der Waals surface area contributed by atoms with Crippen LogP contribution in [0.4, 0.5) is 0 Å². The van der Waals surface area contributed by atoms with Gasteiger partial charge in [-0.2, -0.15) is 0 Å². The van der Waals surface area contributed by atoms with E-state index in [4.69, 9.17) is 0 Å². The summed E-state index contributed by atoms with van der Waals surface area (Å²) in [7, 11) is 0. The summed E-state index contributed by atoms with van der Waals surface area (Å²) >= 11 is 0. The molecule has 1 unspecified atom stereocenters. The summed E-state index contributed by atoms with van der Waals surface area (Å²) in [4.78, 5) is 4.04. The summed E-state index contributed by atoms with van der Waals surface area (Å²) in [6.07, 6.45) is 9.05. The van der Waals surface area contributed by atoms with Crippen molar-refractivity contribution in [1.82, 2.24) is 14.9 Å². The van der Waals surface area contributed by atoms with Gasteiger partial charge in [0, 0.05) is 31.5 Å². The van der Waals surface area contributed by atoms with Gasteiger partial charge in [-0.3, -0.25) is 0 Å². The van der Waals surface area contributed by atoms with Gasteiger partial charge in [-0.15, -0.1) is 0 Å². The van der Waals surface area contributed by atoms with Gasteiger partial charge in [0.2, 0.25) is 0 Å². The molecule has 1 aliphatic carbocycles. The Kier molecular flexibility index (Phi) is 3.51. The summed E-state index contributed by atoms with van der Waals surface area (Å²) in [6, 6.07) is 6.15. The molecular weight excluding hydrogens is 238 g/mol. The lowest BCUT2D eigenvalue weighted by Crippen LogP contribution is -2.28. The van der Waals surface area contributed by atoms with Crippen LogP contribution in [0.5, 0.6) is 5.75 Å². The molecule has 1 aromatic carbocycles. The fraction of sp³-hybridized carbons (Fsp3) is 0.400. The van der Waals surface area contributed by atoms with Crippen molar-refractivity contribution in [3.05, 3.63) is 48.0 Å². The van der Waals surface area contributed by atoms with Crippen LogP contribution in [0.15, 0.2) is 36.9 Å². The maximum atomic E-state index is 9.54. The predicted octanol–water partition coefficient (Wildman–Crippen LogP) is 2.26. The Labute approximate surface area is 113 Å². The number of benzene rings is 1. The minimum atomic E-state index is 0.373. The van der Waals surface area contributed by atoms with Crippen LogP contribution in [0.25, 0.3) is 0 Å². The van der Waals surface area contributed by atoms with Gasteiger partial charge in [-0.25, -0.2) is 4.98 Å². The first kappa shape index (κ1) is 12.2. The number of imidazole rings is 1. The molecule has 0 radical (unpaired) electrons. The van der Waals surface area contributed by atoms with Crippen molar-refractivity contribution >= 4 is 0 Å². The van der Waals surface area contributed by atoms with Crippen LogP contribution in [0, 0.1) is 0 Å². The van der Waals surface area contributed by atoms with E-state index in [1.165, 1.54) is 24.0 Å². The number of nitrogens with one attached hydrogen (secondary N) is 1. The van der Waals surface area contributed by atoms with Crippen LogP contribution in [0.1, 0.15) is 30.0 Å². The normalized spacial score (nSPS) is 18.2. The summed E-state index contributed by atoms with van der Waals surface area (Å²) in [5.74, 6) is 0.373. The second-order valence-electron chi connectivity index (χ2n) is 5.08. The van der Waals surface area contributed by atoms with E-state index in [1.54, 1.807) is 12.3 Å². The molecule has 0 saturated carbocycles. The number of hydrogen-bond acceptors (Lipinski definition) is 3. The van der Waals surface area contributed by atoms with E-state index in [1.807, 2.05) is 18.6 Å². The first-order chi connectivity index (χ1) is 9.33. The molecule has 0 aliphatic heterocycles. The van der Waals surface area contributed by atoms with Crippen molar-refractivity contribution in [2.75, 3.05) is 6.54 Å². The summed E-state index contributed by atoms with van der Waals surface area (Å²) in [5, 5.41) is 13.2. The predicted molar refractivity (Wildman–Crippen MR) is 74.0 cm³/mol. The van der Waals surface area contributed by atoms with Gasteiger partial charge < -0.3 is 15.0 Å². The van der Waals surface area contributed by atoms with Crippen LogP contribution in [-0.4, -0.2) is 21.2 Å². The molecule has 4 heteroatoms. The van der Waals surface area contributed by atoms with E-state index in [0.29, 0.717) is 11.8 Å². The van der Waals surface area contributed by atoms with Gasteiger partial charge in [-0.1, -0.05) is 6.07 Å². The highest BCUT2D eigenvalue weighted by Gasteiger charge is 2.19. The first-order valence-corrected chi connectivity index (χ1v) is 6.84. The number of fused-ring (bicyclic) bond motifs is 1. The first-order valence-electron chi connectivity index (χ1n) is 6.84. The maximum Gasteiger partial charge on any atom is 0.115 e. The lowest BCUT2D eigenvalue weighted by atomic mass is 9.87. The van der Waals surface area contributed by atoms with E-state index in [2.05, 4.69) is 20.9 Å². The lowest BCUT2D eigenvalue weighted by Gasteiger charge is -2.26. The minimum absolute atomic E-state index is 0.373. The number of nitrogens with zero attached hydrogens (tertiary/aromatic N) is 2. The Morgan fingerprint density at radius 2 is 2.37 bits per heavy atom. The number of hydrogen-bond donors (Lipinski definition) is 2. The molecular formula is C15H19N3O. The minimum Gasteiger partial charge on any atom is -0.508 e. The average Bonchev–Trinajstić information content (AvgIpc) is 2.92. The molecule has 4 nitrogen and oxygen atoms in total. The number of aromatic nitrogens is 2. The van der Waals surface area contributed by atoms with Crippen LogP contribution >= 0.6 is 0 Å². The fourth-order valence-corrected chi connectivity index (χ4v) is 2.80. The topological polar surface area (TPSA) is 50.1 Å². The Hall–Kier alpha value is -1.81. The number of phenols is 1. The van der Waals surface area contributed by atoms with Gasteiger partial charge >= 0.3 is 0 Å². The molecule has 1 heterocycles. The molecule has 1 atom stereocenters. The van der Waals surface area contributed by atoms with Crippen LogP contribution in [0.3, 0.4) is 0 Å². The highest BCUT2D eigenvalue weighted by Crippen LogP contribution is 2.31. The van der Waals surface area contributed by atoms with E-state index in [0.717, 1.165) is 19.5 Å². The van der Waals surface area contributed by atoms with Gasteiger partial charge in [0.05, 0.1) is 6.33 Å². The Bertz CT molecular complexity index is 536. The fourth-order valence-electron chi connectivity index (χ4n) is 2.80. The molecule has 100 valence electrons. The standard InChI is InChI=1S/C15H19N3O/c19-13-4-5-14-12(10-13)2-1-3-15(14)17-7-9-18-8-6-16-11-18/h4-6,8,10-11,15,17,19H,1-3,7,9H2. The van der Waals surface area contributed by atoms with Gasteiger partial charge in [0.1, 0.15) is 5.75 Å². The van der Waals surface area contributed by atoms with Gasteiger partial charge in [-0.05, 0) is 42.5 Å². The van der Waals surface area contributed by atoms with Crippen molar-refractivity contribution < 1.29 is 5.11 Å². The lowest BCUT2D eigenvalue weighted by molar-refractivity contribution is 0.440. The molecule has 0 amide bonds. The third-order valence-electron chi connectivity index (χ3n) is 3.76. The molecule has 3 rings (SSSR count). The zero-order valence-corrected chi connectivity index (χ0v) is 10.9. The molecule has 1 aliphatic rings. The van der Waals surface area contributed by atoms with E-state index < -0.39 is 0 Å². The third-order valence-corrected chi connectivity index (χ3v) is 3.76. The number of rotatable bonds is 4. The SMILES string of the molecule is Oc1ccc2c(c1)CCCC2NCCn1ccnc1. The Balaban J connectivity index is 1.63. The average molecular weight is 257 g/mol. The molecule has 1 aromatic heterocycles. The molecule has 0 fully saturated rings. The van der Waals surface area contributed by atoms with E-state index >= 15 is 0 Å². The zero-order chi connectivity index (χ0) is 13.1. The van der Waals surface area contributed by atoms with Crippen LogP contribution < -0.4 is 5.32 Å². The van der Waals surface area contributed by atoms with Gasteiger partial charge in [0.15, 0.2) is 0 Å². The number of aryl methyl sites for hydroxylation is 1. The van der Waals surface area contributed by atoms with Crippen molar-refractivity contribution in [3.8, 4) is 5.75 Å². The molecule has 19 heavy (non-hydrogen) atoms. The van der Waals surface area contributed by atoms with Crippen LogP contribution in [-0.2, 0) is 13.0 Å². The quantitative estimate of drug-likeness (QED) is 0.883. The zero-order valence-electron chi connectivity index (χ0n) is 10.9. The van der Waals surface area contributed by atoms with Crippen LogP contribution in [0.2, 0.25) is 0 Å². The summed E-state index contributed by atoms with van der Waals surface area (Å²) in [6.45, 7) is 1.87. The summed E-state index contributed by atoms with van der Waals surface area (Å²) in [5.41, 5.74) is 2.63. The monoisotopic (exact) mass is 257 g/mol. The van der Waals surface area contributed by atoms with Gasteiger partial charge in [0.25, 0.3) is 0 Å². The second-order valence-corrected chi connectivity index (χ2v) is 5.08. The molecule has 0 bridgehead atoms. The number of phenolic OH excluding ortho intramolecular Hbond substituents is 1. The Morgan fingerprint density at radius 1 is 1.42 bits per heavy atom. The molecule has 0 saturated heterocycles. The maximum absolute atomic E-state index is 9.54. The van der Waals surface area contributed by atoms with E-state index in [-0.39, 0.29) is 0 Å². The summed E-state index contributed by atoms with van der Waals surface area (Å²) < 4.78 is 2.08.